The molecule has 0 unspecified atom stereocenters. The highest BCUT2D eigenvalue weighted by Gasteiger charge is 2.63. The molecule has 2 nitrogen and oxygen atoms in total. The van der Waals surface area contributed by atoms with Crippen molar-refractivity contribution >= 4 is 5.91 Å². The molecule has 106 valence electrons. The van der Waals surface area contributed by atoms with E-state index in [1.807, 2.05) is 0 Å². The van der Waals surface area contributed by atoms with Crippen LogP contribution in [0.4, 0.5) is 26.3 Å². The molecule has 0 saturated heterocycles. The van der Waals surface area contributed by atoms with E-state index in [1.54, 1.807) is 0 Å². The zero-order valence-corrected chi connectivity index (χ0v) is 9.40. The smallest absolute Gasteiger partial charge is 0.350 e. The van der Waals surface area contributed by atoms with Crippen molar-refractivity contribution < 1.29 is 31.1 Å². The predicted molar refractivity (Wildman–Crippen MR) is 54.1 cm³/mol. The third-order valence-electron chi connectivity index (χ3n) is 2.25. The molecule has 8 heteroatoms. The lowest BCUT2D eigenvalue weighted by Crippen LogP contribution is -2.50. The van der Waals surface area contributed by atoms with E-state index in [0.29, 0.717) is 5.56 Å². The first-order chi connectivity index (χ1) is 8.64. The number of hydrogen-bond donors (Lipinski definition) is 1. The first-order valence-corrected chi connectivity index (χ1v) is 5.12. The maximum atomic E-state index is 12.5. The molecule has 0 aliphatic heterocycles. The highest BCUT2D eigenvalue weighted by atomic mass is 19.4. The number of carbonyl (C=O) groups excluding carboxylic acids is 1. The topological polar surface area (TPSA) is 29.1 Å². The van der Waals surface area contributed by atoms with Gasteiger partial charge in [-0.05, 0) is 24.1 Å². The molecule has 0 radical (unpaired) electrons. The average molecular weight is 285 g/mol. The fraction of sp³-hybridized carbons (Fsp3) is 0.364. The molecular weight excluding hydrogens is 276 g/mol. The van der Waals surface area contributed by atoms with Gasteiger partial charge in [0.25, 0.3) is 5.91 Å². The number of amides is 1. The second-order valence-electron chi connectivity index (χ2n) is 3.70. The molecule has 0 heterocycles. The molecule has 0 aliphatic carbocycles. The van der Waals surface area contributed by atoms with Crippen molar-refractivity contribution in [2.75, 3.05) is 6.54 Å². The van der Waals surface area contributed by atoms with Gasteiger partial charge in [0.2, 0.25) is 0 Å². The number of nitrogens with one attached hydrogen (secondary N) is 1. The van der Waals surface area contributed by atoms with Crippen molar-refractivity contribution in [1.29, 1.82) is 0 Å². The highest BCUT2D eigenvalue weighted by molar-refractivity contribution is 5.84. The van der Waals surface area contributed by atoms with Crippen LogP contribution < -0.4 is 5.32 Å². The van der Waals surface area contributed by atoms with Gasteiger partial charge < -0.3 is 5.32 Å². The number of alkyl halides is 5. The van der Waals surface area contributed by atoms with Crippen molar-refractivity contribution in [2.24, 2.45) is 0 Å². The molecule has 1 N–H and O–H groups in total. The Hall–Kier alpha value is -1.73. The Labute approximate surface area is 104 Å². The lowest BCUT2D eigenvalue weighted by atomic mass is 10.1. The van der Waals surface area contributed by atoms with Crippen molar-refractivity contribution in [3.05, 3.63) is 35.6 Å². The van der Waals surface area contributed by atoms with Crippen molar-refractivity contribution in [3.63, 3.8) is 0 Å². The monoisotopic (exact) mass is 285 g/mol. The normalized spacial score (nSPS) is 12.3. The molecule has 0 atom stereocenters. The summed E-state index contributed by atoms with van der Waals surface area (Å²) < 4.78 is 73.0. The van der Waals surface area contributed by atoms with Crippen LogP contribution in [0.2, 0.25) is 0 Å². The summed E-state index contributed by atoms with van der Waals surface area (Å²) in [6.45, 7) is -0.407. The second-order valence-corrected chi connectivity index (χ2v) is 3.70. The molecule has 19 heavy (non-hydrogen) atoms. The fourth-order valence-corrected chi connectivity index (χ4v) is 1.21. The predicted octanol–water partition coefficient (Wildman–Crippen LogP) is 2.68. The van der Waals surface area contributed by atoms with Crippen molar-refractivity contribution in [2.45, 2.75) is 18.5 Å². The third-order valence-corrected chi connectivity index (χ3v) is 2.25. The Morgan fingerprint density at radius 3 is 2.05 bits per heavy atom. The van der Waals surface area contributed by atoms with Crippen LogP contribution in [0, 0.1) is 5.82 Å². The minimum absolute atomic E-state index is 0.0138. The van der Waals surface area contributed by atoms with E-state index in [4.69, 9.17) is 0 Å². The van der Waals surface area contributed by atoms with Gasteiger partial charge in [-0.15, -0.1) is 0 Å². The largest absolute Gasteiger partial charge is 0.463 e. The van der Waals surface area contributed by atoms with E-state index in [9.17, 15) is 31.1 Å². The minimum atomic E-state index is -5.92. The number of benzene rings is 1. The fourth-order valence-electron chi connectivity index (χ4n) is 1.21. The van der Waals surface area contributed by atoms with E-state index in [0.717, 1.165) is 12.1 Å². The quantitative estimate of drug-likeness (QED) is 0.847. The third kappa shape index (κ3) is 3.87. The summed E-state index contributed by atoms with van der Waals surface area (Å²) >= 11 is 0. The first kappa shape index (κ1) is 15.3. The Morgan fingerprint density at radius 2 is 1.58 bits per heavy atom. The second kappa shape index (κ2) is 5.50. The summed E-state index contributed by atoms with van der Waals surface area (Å²) in [6.07, 6.45) is -5.91. The van der Waals surface area contributed by atoms with Crippen LogP contribution in [0.1, 0.15) is 5.56 Å². The highest BCUT2D eigenvalue weighted by Crippen LogP contribution is 2.35. The number of rotatable bonds is 4. The Balaban J connectivity index is 2.49. The van der Waals surface area contributed by atoms with Gasteiger partial charge in [0, 0.05) is 6.54 Å². The molecule has 0 fully saturated rings. The zero-order chi connectivity index (χ0) is 14.7. The van der Waals surface area contributed by atoms with Crippen LogP contribution in [-0.2, 0) is 11.2 Å². The minimum Gasteiger partial charge on any atom is -0.350 e. The van der Waals surface area contributed by atoms with Gasteiger partial charge >= 0.3 is 12.1 Å². The Kier molecular flexibility index (Phi) is 4.43. The molecule has 0 saturated carbocycles. The van der Waals surface area contributed by atoms with Crippen LogP contribution in [0.25, 0.3) is 0 Å². The number of halogens is 6. The van der Waals surface area contributed by atoms with Gasteiger partial charge in [-0.2, -0.15) is 22.0 Å². The van der Waals surface area contributed by atoms with E-state index < -0.39 is 30.4 Å². The Bertz CT molecular complexity index is 439. The molecule has 0 spiro atoms. The van der Waals surface area contributed by atoms with Crippen LogP contribution >= 0.6 is 0 Å². The first-order valence-electron chi connectivity index (χ1n) is 5.12. The maximum absolute atomic E-state index is 12.5. The summed E-state index contributed by atoms with van der Waals surface area (Å²) in [7, 11) is 0. The SMILES string of the molecule is O=C(NCCc1ccc(F)cc1)C(F)(F)C(F)(F)F. The molecule has 1 aromatic rings. The molecular formula is C11H9F6NO. The van der Waals surface area contributed by atoms with Crippen LogP contribution in [-0.4, -0.2) is 24.6 Å². The molecule has 1 amide bonds. The van der Waals surface area contributed by atoms with Gasteiger partial charge in [0.1, 0.15) is 5.82 Å². The summed E-state index contributed by atoms with van der Waals surface area (Å²) in [5.74, 6) is -8.33. The summed E-state index contributed by atoms with van der Waals surface area (Å²) in [6, 6.07) is 4.90. The zero-order valence-electron chi connectivity index (χ0n) is 9.40. The van der Waals surface area contributed by atoms with Crippen LogP contribution in [0.5, 0.6) is 0 Å². The van der Waals surface area contributed by atoms with E-state index in [-0.39, 0.29) is 6.42 Å². The lowest BCUT2D eigenvalue weighted by Gasteiger charge is -2.18. The van der Waals surface area contributed by atoms with Gasteiger partial charge in [-0.3, -0.25) is 4.79 Å². The van der Waals surface area contributed by atoms with Crippen molar-refractivity contribution in [1.82, 2.24) is 5.32 Å². The lowest BCUT2D eigenvalue weighted by molar-refractivity contribution is -0.269. The number of hydrogen-bond acceptors (Lipinski definition) is 1. The van der Waals surface area contributed by atoms with Crippen LogP contribution in [0.3, 0.4) is 0 Å². The maximum Gasteiger partial charge on any atom is 0.463 e. The summed E-state index contributed by atoms with van der Waals surface area (Å²) in [4.78, 5) is 10.7. The van der Waals surface area contributed by atoms with E-state index in [1.165, 1.54) is 17.4 Å². The van der Waals surface area contributed by atoms with E-state index in [2.05, 4.69) is 0 Å². The van der Waals surface area contributed by atoms with E-state index >= 15 is 0 Å². The molecule has 0 aliphatic rings. The van der Waals surface area contributed by atoms with Gasteiger partial charge in [-0.1, -0.05) is 12.1 Å². The van der Waals surface area contributed by atoms with Crippen molar-refractivity contribution in [3.8, 4) is 0 Å². The van der Waals surface area contributed by atoms with Gasteiger partial charge in [-0.25, -0.2) is 4.39 Å². The molecule has 1 aromatic carbocycles. The Morgan fingerprint density at radius 1 is 1.05 bits per heavy atom. The molecule has 1 rings (SSSR count). The van der Waals surface area contributed by atoms with Crippen LogP contribution in [0.15, 0.2) is 24.3 Å². The standard InChI is InChI=1S/C11H9F6NO/c12-8-3-1-7(2-4-8)5-6-18-9(19)10(13,14)11(15,16)17/h1-4H,5-6H2,(H,18,19). The number of carbonyl (C=O) groups is 1. The molecule has 0 aromatic heterocycles. The van der Waals surface area contributed by atoms with Gasteiger partial charge in [0.15, 0.2) is 0 Å². The summed E-state index contributed by atoms with van der Waals surface area (Å²) in [5.41, 5.74) is 0.497. The average Bonchev–Trinajstić information content (AvgIpc) is 2.30. The van der Waals surface area contributed by atoms with Gasteiger partial charge in [0.05, 0.1) is 0 Å². The molecule has 0 bridgehead atoms. The summed E-state index contributed by atoms with van der Waals surface area (Å²) in [5, 5.41) is 1.49.